The Bertz CT molecular complexity index is 1080. The van der Waals surface area contributed by atoms with Gasteiger partial charge in [0.25, 0.3) is 5.91 Å². The minimum atomic E-state index is -0.419. The predicted octanol–water partition coefficient (Wildman–Crippen LogP) is 3.75. The largest absolute Gasteiger partial charge is 0.483 e. The molecule has 3 aromatic rings. The number of hydrazone groups is 1. The molecule has 144 valence electrons. The highest BCUT2D eigenvalue weighted by molar-refractivity contribution is 5.87. The molecule has 0 aliphatic heterocycles. The fraction of sp³-hybridized carbons (Fsp3) is 0.227. The van der Waals surface area contributed by atoms with Gasteiger partial charge in [-0.3, -0.25) is 9.59 Å². The number of amides is 1. The topological polar surface area (TPSA) is 80.9 Å². The van der Waals surface area contributed by atoms with Crippen molar-refractivity contribution in [1.29, 1.82) is 0 Å². The molecule has 1 aromatic heterocycles. The van der Waals surface area contributed by atoms with Gasteiger partial charge in [-0.1, -0.05) is 38.1 Å². The number of fused-ring (bicyclic) bond motifs is 1. The molecule has 3 rings (SSSR count). The number of rotatable bonds is 6. The molecule has 28 heavy (non-hydrogen) atoms. The Morgan fingerprint density at radius 3 is 2.82 bits per heavy atom. The Hall–Kier alpha value is -3.41. The normalized spacial score (nSPS) is 11.3. The number of ether oxygens (including phenoxy) is 1. The second kappa shape index (κ2) is 8.52. The summed E-state index contributed by atoms with van der Waals surface area (Å²) in [5, 5.41) is 4.29. The van der Waals surface area contributed by atoms with Crippen LogP contribution in [0.2, 0.25) is 0 Å². The zero-order valence-corrected chi connectivity index (χ0v) is 16.1. The Morgan fingerprint density at radius 1 is 1.25 bits per heavy atom. The van der Waals surface area contributed by atoms with Gasteiger partial charge in [0.1, 0.15) is 17.6 Å². The number of hydrogen-bond acceptors (Lipinski definition) is 5. The van der Waals surface area contributed by atoms with E-state index in [2.05, 4.69) is 24.4 Å². The highest BCUT2D eigenvalue weighted by atomic mass is 16.5. The van der Waals surface area contributed by atoms with Gasteiger partial charge in [-0.15, -0.1) is 0 Å². The number of benzene rings is 2. The molecule has 0 unspecified atom stereocenters. The second-order valence-corrected chi connectivity index (χ2v) is 6.79. The molecule has 1 heterocycles. The minimum absolute atomic E-state index is 0.174. The summed E-state index contributed by atoms with van der Waals surface area (Å²) in [6.45, 7) is 5.93. The van der Waals surface area contributed by atoms with Crippen LogP contribution in [0.5, 0.6) is 5.75 Å². The van der Waals surface area contributed by atoms with E-state index in [1.165, 1.54) is 12.5 Å². The molecule has 0 atom stereocenters. The first kappa shape index (κ1) is 19.4. The van der Waals surface area contributed by atoms with Crippen molar-refractivity contribution in [2.75, 3.05) is 6.61 Å². The van der Waals surface area contributed by atoms with E-state index in [0.29, 0.717) is 16.7 Å². The van der Waals surface area contributed by atoms with Crippen molar-refractivity contribution in [3.63, 3.8) is 0 Å². The summed E-state index contributed by atoms with van der Waals surface area (Å²) < 4.78 is 11.1. The van der Waals surface area contributed by atoms with Gasteiger partial charge in [-0.2, -0.15) is 5.10 Å². The zero-order valence-electron chi connectivity index (χ0n) is 16.1. The number of para-hydroxylation sites is 1. The van der Waals surface area contributed by atoms with Crippen LogP contribution in [0.3, 0.4) is 0 Å². The third kappa shape index (κ3) is 4.46. The van der Waals surface area contributed by atoms with Crippen LogP contribution in [0.1, 0.15) is 36.5 Å². The van der Waals surface area contributed by atoms with Crippen molar-refractivity contribution in [1.82, 2.24) is 5.43 Å². The van der Waals surface area contributed by atoms with Crippen molar-refractivity contribution < 1.29 is 13.9 Å². The van der Waals surface area contributed by atoms with Gasteiger partial charge < -0.3 is 9.15 Å². The molecule has 1 N–H and O–H groups in total. The zero-order chi connectivity index (χ0) is 20.1. The van der Waals surface area contributed by atoms with Gasteiger partial charge in [0.2, 0.25) is 5.43 Å². The van der Waals surface area contributed by atoms with Crippen molar-refractivity contribution in [2.45, 2.75) is 26.7 Å². The Labute approximate surface area is 162 Å². The maximum atomic E-state index is 12.4. The molecule has 0 spiro atoms. The lowest BCUT2D eigenvalue weighted by molar-refractivity contribution is -0.123. The number of nitrogens with one attached hydrogen (secondary N) is 1. The van der Waals surface area contributed by atoms with Crippen molar-refractivity contribution >= 4 is 23.1 Å². The minimum Gasteiger partial charge on any atom is -0.483 e. The van der Waals surface area contributed by atoms with Crippen LogP contribution in [0.4, 0.5) is 0 Å². The first-order valence-corrected chi connectivity index (χ1v) is 9.01. The quantitative estimate of drug-likeness (QED) is 0.523. The SMILES string of the molecule is Cc1ccc(C(C)C)c(OCC(=O)N/N=C/c2coc3ccccc3c2=O)c1. The van der Waals surface area contributed by atoms with Crippen LogP contribution >= 0.6 is 0 Å². The number of carbonyl (C=O) groups excluding carboxylic acids is 1. The Morgan fingerprint density at radius 2 is 2.04 bits per heavy atom. The van der Waals surface area contributed by atoms with Crippen molar-refractivity contribution in [3.8, 4) is 5.75 Å². The molecule has 6 nitrogen and oxygen atoms in total. The van der Waals surface area contributed by atoms with Crippen LogP contribution < -0.4 is 15.6 Å². The van der Waals surface area contributed by atoms with Gasteiger partial charge in [-0.05, 0) is 42.2 Å². The third-order valence-electron chi connectivity index (χ3n) is 4.25. The van der Waals surface area contributed by atoms with Gasteiger partial charge in [0, 0.05) is 0 Å². The number of hydrogen-bond donors (Lipinski definition) is 1. The average molecular weight is 378 g/mol. The average Bonchev–Trinajstić information content (AvgIpc) is 2.68. The number of nitrogens with zero attached hydrogens (tertiary/aromatic N) is 1. The van der Waals surface area contributed by atoms with E-state index in [0.717, 1.165) is 11.1 Å². The van der Waals surface area contributed by atoms with Gasteiger partial charge >= 0.3 is 0 Å². The molecule has 0 aliphatic rings. The standard InChI is InChI=1S/C22H22N2O4/c1-14(2)17-9-8-15(3)10-20(17)28-13-21(25)24-23-11-16-12-27-19-7-5-4-6-18(19)22(16)26/h4-12,14H,13H2,1-3H3,(H,24,25)/b23-11+. The summed E-state index contributed by atoms with van der Waals surface area (Å²) in [4.78, 5) is 24.4. The van der Waals surface area contributed by atoms with E-state index in [1.807, 2.05) is 25.1 Å². The summed E-state index contributed by atoms with van der Waals surface area (Å²) in [7, 11) is 0. The molecule has 0 fully saturated rings. The van der Waals surface area contributed by atoms with Crippen molar-refractivity contribution in [3.05, 3.63) is 75.6 Å². The predicted molar refractivity (Wildman–Crippen MR) is 109 cm³/mol. The fourth-order valence-corrected chi connectivity index (χ4v) is 2.77. The monoisotopic (exact) mass is 378 g/mol. The molecular formula is C22H22N2O4. The molecule has 0 bridgehead atoms. The lowest BCUT2D eigenvalue weighted by Gasteiger charge is -2.14. The van der Waals surface area contributed by atoms with Crippen LogP contribution in [0.15, 0.2) is 63.0 Å². The summed E-state index contributed by atoms with van der Waals surface area (Å²) in [5.74, 6) is 0.547. The van der Waals surface area contributed by atoms with E-state index in [-0.39, 0.29) is 23.5 Å². The highest BCUT2D eigenvalue weighted by Crippen LogP contribution is 2.27. The van der Waals surface area contributed by atoms with E-state index in [9.17, 15) is 9.59 Å². The molecule has 0 saturated heterocycles. The maximum absolute atomic E-state index is 12.4. The molecule has 0 aliphatic carbocycles. The van der Waals surface area contributed by atoms with Crippen LogP contribution in [-0.2, 0) is 4.79 Å². The summed E-state index contributed by atoms with van der Waals surface area (Å²) in [6, 6.07) is 12.9. The maximum Gasteiger partial charge on any atom is 0.277 e. The van der Waals surface area contributed by atoms with Crippen molar-refractivity contribution in [2.24, 2.45) is 5.10 Å². The van der Waals surface area contributed by atoms with Crippen LogP contribution in [0, 0.1) is 6.92 Å². The molecule has 0 saturated carbocycles. The molecule has 1 amide bonds. The number of aryl methyl sites for hydroxylation is 1. The van der Waals surface area contributed by atoms with E-state index >= 15 is 0 Å². The molecule has 2 aromatic carbocycles. The smallest absolute Gasteiger partial charge is 0.277 e. The molecule has 6 heteroatoms. The first-order valence-electron chi connectivity index (χ1n) is 9.01. The van der Waals surface area contributed by atoms with Gasteiger partial charge in [-0.25, -0.2) is 5.43 Å². The van der Waals surface area contributed by atoms with Crippen LogP contribution in [0.25, 0.3) is 11.0 Å². The molecule has 0 radical (unpaired) electrons. The summed E-state index contributed by atoms with van der Waals surface area (Å²) >= 11 is 0. The second-order valence-electron chi connectivity index (χ2n) is 6.79. The van der Waals surface area contributed by atoms with E-state index < -0.39 is 5.91 Å². The lowest BCUT2D eigenvalue weighted by Crippen LogP contribution is -2.25. The molecular weight excluding hydrogens is 356 g/mol. The van der Waals surface area contributed by atoms with Gasteiger partial charge in [0.15, 0.2) is 6.61 Å². The Balaban J connectivity index is 1.63. The van der Waals surface area contributed by atoms with Gasteiger partial charge in [0.05, 0.1) is 17.2 Å². The summed E-state index contributed by atoms with van der Waals surface area (Å²) in [5.41, 5.74) is 5.00. The highest BCUT2D eigenvalue weighted by Gasteiger charge is 2.10. The third-order valence-corrected chi connectivity index (χ3v) is 4.25. The first-order chi connectivity index (χ1) is 13.5. The Kier molecular flexibility index (Phi) is 5.89. The van der Waals surface area contributed by atoms with Crippen LogP contribution in [-0.4, -0.2) is 18.7 Å². The lowest BCUT2D eigenvalue weighted by atomic mass is 10.0. The number of carbonyl (C=O) groups is 1. The summed E-state index contributed by atoms with van der Waals surface area (Å²) in [6.07, 6.45) is 2.58. The van der Waals surface area contributed by atoms with E-state index in [1.54, 1.807) is 24.3 Å². The fourth-order valence-electron chi connectivity index (χ4n) is 2.77. The van der Waals surface area contributed by atoms with E-state index in [4.69, 9.17) is 9.15 Å².